The van der Waals surface area contributed by atoms with Gasteiger partial charge in [0.25, 0.3) is 0 Å². The molecule has 22 heavy (non-hydrogen) atoms. The third kappa shape index (κ3) is 4.17. The average molecular weight is 303 g/mol. The maximum absolute atomic E-state index is 12.1. The van der Waals surface area contributed by atoms with Gasteiger partial charge in [-0.3, -0.25) is 9.59 Å². The first kappa shape index (κ1) is 16.7. The Morgan fingerprint density at radius 2 is 2.00 bits per heavy atom. The minimum Gasteiger partial charge on any atom is -0.394 e. The van der Waals surface area contributed by atoms with Crippen molar-refractivity contribution < 1.29 is 14.7 Å². The van der Waals surface area contributed by atoms with Gasteiger partial charge in [-0.1, -0.05) is 24.3 Å². The molecule has 0 spiro atoms. The number of hydrogen-bond acceptors (Lipinski definition) is 3. The summed E-state index contributed by atoms with van der Waals surface area (Å²) >= 11 is 0. The second-order valence-corrected chi connectivity index (χ2v) is 6.32. The SMILES string of the molecule is C[C@H](CO)NC(=O)[C@H](C)c1ccc(C[C@@H]2CCCC2=O)cc1. The standard InChI is InChI=1S/C18H25NO3/c1-12(11-20)19-18(22)13(2)15-8-6-14(7-9-15)10-16-4-3-5-17(16)21/h6-9,12-13,16,20H,3-5,10-11H2,1-2H3,(H,19,22)/t12-,13-,16+/m1/s1. The van der Waals surface area contributed by atoms with Gasteiger partial charge in [0.15, 0.2) is 0 Å². The van der Waals surface area contributed by atoms with Crippen LogP contribution in [0.2, 0.25) is 0 Å². The van der Waals surface area contributed by atoms with Crippen LogP contribution in [0.4, 0.5) is 0 Å². The first-order valence-corrected chi connectivity index (χ1v) is 8.04. The Morgan fingerprint density at radius 1 is 1.32 bits per heavy atom. The van der Waals surface area contributed by atoms with E-state index in [9.17, 15) is 9.59 Å². The summed E-state index contributed by atoms with van der Waals surface area (Å²) in [7, 11) is 0. The molecule has 1 amide bonds. The maximum Gasteiger partial charge on any atom is 0.227 e. The molecule has 1 fully saturated rings. The van der Waals surface area contributed by atoms with Crippen LogP contribution in [-0.4, -0.2) is 29.4 Å². The summed E-state index contributed by atoms with van der Waals surface area (Å²) in [6.07, 6.45) is 3.55. The van der Waals surface area contributed by atoms with Gasteiger partial charge < -0.3 is 10.4 Å². The lowest BCUT2D eigenvalue weighted by atomic mass is 9.94. The number of aliphatic hydroxyl groups excluding tert-OH is 1. The van der Waals surface area contributed by atoms with E-state index < -0.39 is 0 Å². The van der Waals surface area contributed by atoms with Gasteiger partial charge in [0.05, 0.1) is 12.5 Å². The molecular formula is C18H25NO3. The van der Waals surface area contributed by atoms with Crippen LogP contribution in [0.15, 0.2) is 24.3 Å². The van der Waals surface area contributed by atoms with Gasteiger partial charge in [-0.25, -0.2) is 0 Å². The molecule has 0 saturated heterocycles. The molecule has 0 aliphatic heterocycles. The largest absolute Gasteiger partial charge is 0.394 e. The Hall–Kier alpha value is -1.68. The van der Waals surface area contributed by atoms with E-state index in [1.165, 1.54) is 0 Å². The zero-order valence-corrected chi connectivity index (χ0v) is 13.3. The highest BCUT2D eigenvalue weighted by atomic mass is 16.3. The summed E-state index contributed by atoms with van der Waals surface area (Å²) in [5.74, 6) is 0.225. The van der Waals surface area contributed by atoms with Crippen molar-refractivity contribution in [2.45, 2.75) is 51.5 Å². The van der Waals surface area contributed by atoms with E-state index in [2.05, 4.69) is 5.32 Å². The van der Waals surface area contributed by atoms with E-state index in [1.807, 2.05) is 31.2 Å². The Bertz CT molecular complexity index is 524. The van der Waals surface area contributed by atoms with Crippen molar-refractivity contribution in [3.05, 3.63) is 35.4 Å². The van der Waals surface area contributed by atoms with Crippen LogP contribution < -0.4 is 5.32 Å². The predicted molar refractivity (Wildman–Crippen MR) is 85.6 cm³/mol. The highest BCUT2D eigenvalue weighted by Crippen LogP contribution is 2.25. The highest BCUT2D eigenvalue weighted by Gasteiger charge is 2.24. The maximum atomic E-state index is 12.1. The number of ketones is 1. The highest BCUT2D eigenvalue weighted by molar-refractivity contribution is 5.84. The molecule has 2 rings (SSSR count). The van der Waals surface area contributed by atoms with E-state index in [0.29, 0.717) is 5.78 Å². The second-order valence-electron chi connectivity index (χ2n) is 6.32. The number of benzene rings is 1. The number of carbonyl (C=O) groups is 2. The van der Waals surface area contributed by atoms with Crippen LogP contribution >= 0.6 is 0 Å². The van der Waals surface area contributed by atoms with Crippen molar-refractivity contribution >= 4 is 11.7 Å². The first-order valence-electron chi connectivity index (χ1n) is 8.04. The third-order valence-corrected chi connectivity index (χ3v) is 4.45. The van der Waals surface area contributed by atoms with E-state index >= 15 is 0 Å². The lowest BCUT2D eigenvalue weighted by molar-refractivity contribution is -0.123. The monoisotopic (exact) mass is 303 g/mol. The number of Topliss-reactive ketones (excluding diaryl/α,β-unsaturated/α-hetero) is 1. The molecule has 0 unspecified atom stereocenters. The Kier molecular flexibility index (Phi) is 5.72. The van der Waals surface area contributed by atoms with Crippen LogP contribution in [0.1, 0.15) is 50.2 Å². The van der Waals surface area contributed by atoms with E-state index in [0.717, 1.165) is 36.8 Å². The molecule has 4 heteroatoms. The topological polar surface area (TPSA) is 66.4 Å². The zero-order valence-electron chi connectivity index (χ0n) is 13.3. The fourth-order valence-electron chi connectivity index (χ4n) is 2.90. The third-order valence-electron chi connectivity index (χ3n) is 4.45. The molecular weight excluding hydrogens is 278 g/mol. The zero-order chi connectivity index (χ0) is 16.1. The van der Waals surface area contributed by atoms with Crippen molar-refractivity contribution in [1.29, 1.82) is 0 Å². The van der Waals surface area contributed by atoms with Crippen molar-refractivity contribution in [1.82, 2.24) is 5.32 Å². The lowest BCUT2D eigenvalue weighted by Gasteiger charge is -2.16. The van der Waals surface area contributed by atoms with Crippen molar-refractivity contribution in [3.8, 4) is 0 Å². The summed E-state index contributed by atoms with van der Waals surface area (Å²) in [5.41, 5.74) is 2.10. The molecule has 0 bridgehead atoms. The van der Waals surface area contributed by atoms with Gasteiger partial charge in [0, 0.05) is 18.4 Å². The summed E-state index contributed by atoms with van der Waals surface area (Å²) in [4.78, 5) is 23.8. The first-order chi connectivity index (χ1) is 10.5. The lowest BCUT2D eigenvalue weighted by Crippen LogP contribution is -2.37. The Morgan fingerprint density at radius 3 is 2.55 bits per heavy atom. The van der Waals surface area contributed by atoms with Crippen LogP contribution in [-0.2, 0) is 16.0 Å². The van der Waals surface area contributed by atoms with Crippen LogP contribution in [0.25, 0.3) is 0 Å². The van der Waals surface area contributed by atoms with Crippen molar-refractivity contribution in [3.63, 3.8) is 0 Å². The molecule has 0 aromatic heterocycles. The average Bonchev–Trinajstić information content (AvgIpc) is 2.92. The predicted octanol–water partition coefficient (Wildman–Crippen LogP) is 2.20. The molecule has 1 aliphatic rings. The van der Waals surface area contributed by atoms with Crippen LogP contribution in [0, 0.1) is 5.92 Å². The fraction of sp³-hybridized carbons (Fsp3) is 0.556. The Balaban J connectivity index is 1.96. The minimum atomic E-state index is -0.254. The number of nitrogens with one attached hydrogen (secondary N) is 1. The number of amides is 1. The molecule has 0 radical (unpaired) electrons. The molecule has 1 saturated carbocycles. The number of aliphatic hydroxyl groups is 1. The quantitative estimate of drug-likeness (QED) is 0.846. The van der Waals surface area contributed by atoms with Crippen LogP contribution in [0.5, 0.6) is 0 Å². The van der Waals surface area contributed by atoms with Gasteiger partial charge in [-0.2, -0.15) is 0 Å². The molecule has 2 N–H and O–H groups in total. The number of rotatable bonds is 6. The molecule has 3 atom stereocenters. The van der Waals surface area contributed by atoms with Crippen LogP contribution in [0.3, 0.4) is 0 Å². The van der Waals surface area contributed by atoms with Crippen molar-refractivity contribution in [2.75, 3.05) is 6.61 Å². The summed E-state index contributed by atoms with van der Waals surface area (Å²) < 4.78 is 0. The molecule has 120 valence electrons. The van der Waals surface area contributed by atoms with E-state index in [-0.39, 0.29) is 30.4 Å². The summed E-state index contributed by atoms with van der Waals surface area (Å²) in [6.45, 7) is 3.56. The number of carbonyl (C=O) groups excluding carboxylic acids is 2. The molecule has 1 aliphatic carbocycles. The summed E-state index contributed by atoms with van der Waals surface area (Å²) in [6, 6.07) is 7.72. The fourth-order valence-corrected chi connectivity index (χ4v) is 2.90. The van der Waals surface area contributed by atoms with Gasteiger partial charge in [-0.05, 0) is 44.2 Å². The van der Waals surface area contributed by atoms with Crippen molar-refractivity contribution in [2.24, 2.45) is 5.92 Å². The second kappa shape index (κ2) is 7.54. The van der Waals surface area contributed by atoms with E-state index in [1.54, 1.807) is 6.92 Å². The molecule has 4 nitrogen and oxygen atoms in total. The van der Waals surface area contributed by atoms with E-state index in [4.69, 9.17) is 5.11 Å². The van der Waals surface area contributed by atoms with Gasteiger partial charge in [-0.15, -0.1) is 0 Å². The molecule has 1 aromatic carbocycles. The minimum absolute atomic E-state index is 0.0627. The Labute approximate surface area is 131 Å². The van der Waals surface area contributed by atoms with Gasteiger partial charge in [0.2, 0.25) is 5.91 Å². The number of hydrogen-bond donors (Lipinski definition) is 2. The molecule has 0 heterocycles. The van der Waals surface area contributed by atoms with Gasteiger partial charge in [0.1, 0.15) is 5.78 Å². The summed E-state index contributed by atoms with van der Waals surface area (Å²) in [5, 5.41) is 11.8. The normalized spacial score (nSPS) is 20.7. The van der Waals surface area contributed by atoms with Gasteiger partial charge >= 0.3 is 0 Å². The molecule has 1 aromatic rings. The smallest absolute Gasteiger partial charge is 0.227 e.